The SMILES string of the molecule is C=CCCOc1cc2c(cc1CNC(C)C)OCO2. The number of fused-ring (bicyclic) bond motifs is 1. The van der Waals surface area contributed by atoms with Gasteiger partial charge in [-0.05, 0) is 12.5 Å². The van der Waals surface area contributed by atoms with E-state index in [0.29, 0.717) is 12.6 Å². The zero-order valence-electron chi connectivity index (χ0n) is 11.6. The van der Waals surface area contributed by atoms with Crippen LogP contribution in [0, 0.1) is 0 Å². The summed E-state index contributed by atoms with van der Waals surface area (Å²) in [6, 6.07) is 4.32. The first-order valence-corrected chi connectivity index (χ1v) is 6.60. The molecule has 2 rings (SSSR count). The lowest BCUT2D eigenvalue weighted by Gasteiger charge is -2.14. The van der Waals surface area contributed by atoms with E-state index in [1.54, 1.807) is 0 Å². The number of nitrogens with one attached hydrogen (secondary N) is 1. The molecule has 4 nitrogen and oxygen atoms in total. The van der Waals surface area contributed by atoms with Crippen LogP contribution in [0.4, 0.5) is 0 Å². The number of ether oxygens (including phenoxy) is 3. The quantitative estimate of drug-likeness (QED) is 0.606. The van der Waals surface area contributed by atoms with Crippen LogP contribution in [0.5, 0.6) is 17.2 Å². The predicted octanol–water partition coefficient (Wildman–Crippen LogP) is 2.87. The van der Waals surface area contributed by atoms with Crippen molar-refractivity contribution in [2.45, 2.75) is 32.9 Å². The lowest BCUT2D eigenvalue weighted by Crippen LogP contribution is -2.22. The molecule has 1 aromatic carbocycles. The lowest BCUT2D eigenvalue weighted by atomic mass is 10.1. The van der Waals surface area contributed by atoms with E-state index in [1.807, 2.05) is 18.2 Å². The maximum Gasteiger partial charge on any atom is 0.231 e. The summed E-state index contributed by atoms with van der Waals surface area (Å²) in [5.41, 5.74) is 1.09. The second-order valence-corrected chi connectivity index (χ2v) is 4.77. The topological polar surface area (TPSA) is 39.7 Å². The summed E-state index contributed by atoms with van der Waals surface area (Å²) in [6.07, 6.45) is 2.67. The molecule has 1 N–H and O–H groups in total. The fourth-order valence-corrected chi connectivity index (χ4v) is 1.80. The summed E-state index contributed by atoms with van der Waals surface area (Å²) < 4.78 is 16.6. The minimum atomic E-state index is 0.280. The van der Waals surface area contributed by atoms with Crippen LogP contribution in [0.2, 0.25) is 0 Å². The van der Waals surface area contributed by atoms with E-state index in [-0.39, 0.29) is 6.79 Å². The first kappa shape index (κ1) is 13.7. The van der Waals surface area contributed by atoms with E-state index in [9.17, 15) is 0 Å². The molecule has 0 bridgehead atoms. The standard InChI is InChI=1S/C15H21NO3/c1-4-5-6-17-13-8-15-14(18-10-19-15)7-12(13)9-16-11(2)3/h4,7-8,11,16H,1,5-6,9-10H2,2-3H3. The normalized spacial score (nSPS) is 12.8. The Labute approximate surface area is 114 Å². The number of hydrogen-bond donors (Lipinski definition) is 1. The molecule has 1 heterocycles. The van der Waals surface area contributed by atoms with Gasteiger partial charge in [0.05, 0.1) is 6.61 Å². The van der Waals surface area contributed by atoms with Crippen molar-refractivity contribution in [3.8, 4) is 17.2 Å². The molecule has 1 aliphatic heterocycles. The van der Waals surface area contributed by atoms with Gasteiger partial charge in [0.2, 0.25) is 6.79 Å². The summed E-state index contributed by atoms with van der Waals surface area (Å²) in [4.78, 5) is 0. The Balaban J connectivity index is 2.14. The average Bonchev–Trinajstić information content (AvgIpc) is 2.83. The van der Waals surface area contributed by atoms with Crippen LogP contribution in [0.15, 0.2) is 24.8 Å². The molecule has 0 saturated carbocycles. The van der Waals surface area contributed by atoms with E-state index in [1.165, 1.54) is 0 Å². The summed E-state index contributed by atoms with van der Waals surface area (Å²) in [5.74, 6) is 2.39. The van der Waals surface area contributed by atoms with Crippen molar-refractivity contribution >= 4 is 0 Å². The number of rotatable bonds is 7. The molecule has 4 heteroatoms. The van der Waals surface area contributed by atoms with Gasteiger partial charge in [-0.2, -0.15) is 0 Å². The number of benzene rings is 1. The molecule has 0 amide bonds. The molecule has 0 spiro atoms. The van der Waals surface area contributed by atoms with Crippen molar-refractivity contribution in [2.75, 3.05) is 13.4 Å². The van der Waals surface area contributed by atoms with Crippen LogP contribution in [-0.2, 0) is 6.54 Å². The van der Waals surface area contributed by atoms with Crippen molar-refractivity contribution in [1.29, 1.82) is 0 Å². The zero-order valence-corrected chi connectivity index (χ0v) is 11.6. The summed E-state index contributed by atoms with van der Waals surface area (Å²) in [5, 5.41) is 3.39. The smallest absolute Gasteiger partial charge is 0.231 e. The minimum absolute atomic E-state index is 0.280. The first-order valence-electron chi connectivity index (χ1n) is 6.60. The molecule has 0 saturated heterocycles. The molecule has 0 fully saturated rings. The maximum atomic E-state index is 5.79. The first-order chi connectivity index (χ1) is 9.20. The molecule has 0 atom stereocenters. The van der Waals surface area contributed by atoms with E-state index in [0.717, 1.165) is 35.8 Å². The predicted molar refractivity (Wildman–Crippen MR) is 74.8 cm³/mol. The van der Waals surface area contributed by atoms with Crippen LogP contribution in [0.25, 0.3) is 0 Å². The fraction of sp³-hybridized carbons (Fsp3) is 0.467. The number of hydrogen-bond acceptors (Lipinski definition) is 4. The zero-order chi connectivity index (χ0) is 13.7. The van der Waals surface area contributed by atoms with Gasteiger partial charge in [0.15, 0.2) is 11.5 Å². The minimum Gasteiger partial charge on any atom is -0.493 e. The van der Waals surface area contributed by atoms with Gasteiger partial charge >= 0.3 is 0 Å². The molecule has 1 aromatic rings. The molecule has 0 radical (unpaired) electrons. The molecule has 19 heavy (non-hydrogen) atoms. The van der Waals surface area contributed by atoms with Gasteiger partial charge in [-0.1, -0.05) is 19.9 Å². The van der Waals surface area contributed by atoms with Gasteiger partial charge in [0.25, 0.3) is 0 Å². The van der Waals surface area contributed by atoms with Crippen LogP contribution in [-0.4, -0.2) is 19.4 Å². The molecular weight excluding hydrogens is 242 g/mol. The van der Waals surface area contributed by atoms with E-state index < -0.39 is 0 Å². The Hall–Kier alpha value is -1.68. The van der Waals surface area contributed by atoms with Gasteiger partial charge < -0.3 is 19.5 Å². The molecular formula is C15H21NO3. The monoisotopic (exact) mass is 263 g/mol. The van der Waals surface area contributed by atoms with Gasteiger partial charge in [-0.15, -0.1) is 6.58 Å². The summed E-state index contributed by atoms with van der Waals surface area (Å²) >= 11 is 0. The summed E-state index contributed by atoms with van der Waals surface area (Å²) in [6.45, 7) is 9.58. The highest BCUT2D eigenvalue weighted by molar-refractivity contribution is 5.51. The van der Waals surface area contributed by atoms with Crippen LogP contribution < -0.4 is 19.5 Å². The van der Waals surface area contributed by atoms with Crippen molar-refractivity contribution in [1.82, 2.24) is 5.32 Å². The Morgan fingerprint density at radius 1 is 1.37 bits per heavy atom. The molecule has 0 aliphatic carbocycles. The largest absolute Gasteiger partial charge is 0.493 e. The molecule has 1 aliphatic rings. The molecule has 0 unspecified atom stereocenters. The van der Waals surface area contributed by atoms with Crippen molar-refractivity contribution in [2.24, 2.45) is 0 Å². The van der Waals surface area contributed by atoms with E-state index >= 15 is 0 Å². The third-order valence-electron chi connectivity index (χ3n) is 2.84. The van der Waals surface area contributed by atoms with Crippen molar-refractivity contribution in [3.63, 3.8) is 0 Å². The molecule has 104 valence electrons. The highest BCUT2D eigenvalue weighted by atomic mass is 16.7. The molecule has 0 aromatic heterocycles. The van der Waals surface area contributed by atoms with E-state index in [4.69, 9.17) is 14.2 Å². The van der Waals surface area contributed by atoms with Crippen molar-refractivity contribution < 1.29 is 14.2 Å². The van der Waals surface area contributed by atoms with Crippen LogP contribution in [0.1, 0.15) is 25.8 Å². The Kier molecular flexibility index (Phi) is 4.68. The van der Waals surface area contributed by atoms with Gasteiger partial charge in [0, 0.05) is 24.2 Å². The second-order valence-electron chi connectivity index (χ2n) is 4.77. The van der Waals surface area contributed by atoms with Gasteiger partial charge in [0.1, 0.15) is 5.75 Å². The Morgan fingerprint density at radius 3 is 2.79 bits per heavy atom. The lowest BCUT2D eigenvalue weighted by molar-refractivity contribution is 0.173. The summed E-state index contributed by atoms with van der Waals surface area (Å²) in [7, 11) is 0. The highest BCUT2D eigenvalue weighted by Gasteiger charge is 2.18. The average molecular weight is 263 g/mol. The third-order valence-corrected chi connectivity index (χ3v) is 2.84. The Bertz CT molecular complexity index is 443. The van der Waals surface area contributed by atoms with Gasteiger partial charge in [-0.3, -0.25) is 0 Å². The van der Waals surface area contributed by atoms with Crippen LogP contribution >= 0.6 is 0 Å². The Morgan fingerprint density at radius 2 is 2.11 bits per heavy atom. The highest BCUT2D eigenvalue weighted by Crippen LogP contribution is 2.38. The van der Waals surface area contributed by atoms with Crippen molar-refractivity contribution in [3.05, 3.63) is 30.4 Å². The van der Waals surface area contributed by atoms with Crippen LogP contribution in [0.3, 0.4) is 0 Å². The maximum absolute atomic E-state index is 5.79. The third kappa shape index (κ3) is 3.64. The second kappa shape index (κ2) is 6.48. The van der Waals surface area contributed by atoms with Gasteiger partial charge in [-0.25, -0.2) is 0 Å². The fourth-order valence-electron chi connectivity index (χ4n) is 1.80. The van der Waals surface area contributed by atoms with E-state index in [2.05, 4.69) is 25.7 Å².